The van der Waals surface area contributed by atoms with Crippen molar-refractivity contribution in [3.8, 4) is 0 Å². The summed E-state index contributed by atoms with van der Waals surface area (Å²) < 4.78 is 34.8. The normalized spacial score (nSPS) is 7.60. The summed E-state index contributed by atoms with van der Waals surface area (Å²) in [6.07, 6.45) is 0. The molecule has 0 rings (SSSR count). The van der Waals surface area contributed by atoms with Crippen LogP contribution >= 0.6 is 23.7 Å². The molecule has 0 aliphatic rings. The van der Waals surface area contributed by atoms with E-state index in [4.69, 9.17) is 17.5 Å². The molecular weight excluding hydrogens is 529 g/mol. The molecule has 10 heteroatoms. The molecule has 0 amide bonds. The van der Waals surface area contributed by atoms with Gasteiger partial charge in [-0.15, -0.1) is 0 Å². The zero-order valence-corrected chi connectivity index (χ0v) is 17.0. The van der Waals surface area contributed by atoms with Gasteiger partial charge in [-0.1, -0.05) is 0 Å². The monoisotopic (exact) mass is 536 g/mol. The second-order valence-corrected chi connectivity index (χ2v) is 1.87. The van der Waals surface area contributed by atoms with Gasteiger partial charge >= 0.3 is 85.5 Å². The van der Waals surface area contributed by atoms with Crippen LogP contribution in [0.15, 0.2) is 0 Å². The fourth-order valence-corrected chi connectivity index (χ4v) is 0. The first-order chi connectivity index (χ1) is 3.41. The van der Waals surface area contributed by atoms with Gasteiger partial charge < -0.3 is 2.85 Å². The first-order valence-electron chi connectivity index (χ1n) is 1.01. The van der Waals surface area contributed by atoms with Crippen LogP contribution in [0.3, 0.4) is 0 Å². The Morgan fingerprint density at radius 2 is 1.30 bits per heavy atom. The smallest absolute Gasteiger partial charge is 1.00 e. The SMILES string of the molecule is ClOCl.O=S(=O)(O)O.[Ba+2].[BiH3].[H-].[H-]. The Labute approximate surface area is 131 Å². The Hall–Kier alpha value is 2.86. The van der Waals surface area contributed by atoms with E-state index in [1.807, 2.05) is 0 Å². The van der Waals surface area contributed by atoms with Crippen LogP contribution in [0.2, 0.25) is 0 Å². The van der Waals surface area contributed by atoms with Gasteiger partial charge in [0.25, 0.3) is 0 Å². The van der Waals surface area contributed by atoms with Gasteiger partial charge in [-0.05, 0) is 0 Å². The van der Waals surface area contributed by atoms with Gasteiger partial charge in [-0.3, -0.25) is 9.11 Å². The Balaban J connectivity index is -0.0000000119. The summed E-state index contributed by atoms with van der Waals surface area (Å²) in [7, 11) is -4.67. The molecule has 0 fully saturated rings. The molecule has 10 heavy (non-hydrogen) atoms. The quantitative estimate of drug-likeness (QED) is 0.317. The van der Waals surface area contributed by atoms with Crippen LogP contribution in [-0.2, 0) is 14.2 Å². The fraction of sp³-hybridized carbons (Fsp3) is 0. The summed E-state index contributed by atoms with van der Waals surface area (Å²) in [4.78, 5) is 0. The molecule has 0 atom stereocenters. The summed E-state index contributed by atoms with van der Waals surface area (Å²) in [5.74, 6) is 0. The van der Waals surface area contributed by atoms with Crippen LogP contribution in [0.25, 0.3) is 0 Å². The van der Waals surface area contributed by atoms with Crippen molar-refractivity contribution in [1.29, 1.82) is 0 Å². The van der Waals surface area contributed by atoms with Crippen LogP contribution in [0.1, 0.15) is 2.85 Å². The third-order valence-corrected chi connectivity index (χ3v) is 0. The molecule has 0 heterocycles. The molecule has 0 aromatic carbocycles. The molecule has 64 valence electrons. The van der Waals surface area contributed by atoms with Crippen LogP contribution < -0.4 is 0 Å². The van der Waals surface area contributed by atoms with Gasteiger partial charge in [-0.25, -0.2) is 0 Å². The number of hydrogen-bond donors (Lipinski definition) is 2. The van der Waals surface area contributed by atoms with Crippen molar-refractivity contribution in [3.63, 3.8) is 0 Å². The van der Waals surface area contributed by atoms with Crippen molar-refractivity contribution in [1.82, 2.24) is 0 Å². The van der Waals surface area contributed by atoms with E-state index >= 15 is 0 Å². The van der Waals surface area contributed by atoms with E-state index in [1.54, 1.807) is 0 Å². The molecule has 0 aromatic rings. The van der Waals surface area contributed by atoms with Crippen molar-refractivity contribution in [2.24, 2.45) is 0 Å². The van der Waals surface area contributed by atoms with E-state index in [1.165, 1.54) is 0 Å². The van der Waals surface area contributed by atoms with Gasteiger partial charge in [0.15, 0.2) is 0 Å². The maximum atomic E-state index is 8.74. The van der Waals surface area contributed by atoms with Crippen molar-refractivity contribution >= 4 is 109 Å². The fourth-order valence-electron chi connectivity index (χ4n) is 0. The standard InChI is InChI=1S/Ba.Bi.Cl2O.H2O4S.5H/c;;1-3-2;1-5(2,3)4;;;;;/h;;;(H2,1,2,3,4);;;;;/q+2;;;;;;;2*-1. The minimum Gasteiger partial charge on any atom is -1.00 e. The van der Waals surface area contributed by atoms with Crippen LogP contribution in [0.5, 0.6) is 0 Å². The molecule has 2 N–H and O–H groups in total. The van der Waals surface area contributed by atoms with E-state index in [9.17, 15) is 0 Å². The first-order valence-corrected chi connectivity index (χ1v) is 3.02. The molecule has 0 radical (unpaired) electrons. The second-order valence-electron chi connectivity index (χ2n) is 0.506. The van der Waals surface area contributed by atoms with Crippen molar-refractivity contribution in [3.05, 3.63) is 0 Å². The van der Waals surface area contributed by atoms with E-state index in [2.05, 4.69) is 27.6 Å². The third kappa shape index (κ3) is 129. The molecule has 0 spiro atoms. The number of hydrogen-bond acceptors (Lipinski definition) is 3. The van der Waals surface area contributed by atoms with Crippen molar-refractivity contribution in [2.45, 2.75) is 0 Å². The molecule has 0 aromatic heterocycles. The van der Waals surface area contributed by atoms with E-state index < -0.39 is 10.4 Å². The Morgan fingerprint density at radius 3 is 1.30 bits per heavy atom. The molecule has 0 bridgehead atoms. The minimum absolute atomic E-state index is 0. The van der Waals surface area contributed by atoms with Gasteiger partial charge in [0.1, 0.15) is 0 Å². The predicted octanol–water partition coefficient (Wildman–Crippen LogP) is -0.682. The summed E-state index contributed by atoms with van der Waals surface area (Å²) in [5, 5.41) is 0. The van der Waals surface area contributed by atoms with Gasteiger partial charge in [0, 0.05) is 0 Å². The Kier molecular flexibility index (Phi) is 33.2. The van der Waals surface area contributed by atoms with Crippen LogP contribution in [-0.4, -0.2) is 92.6 Å². The maximum Gasteiger partial charge on any atom is -1.00 e. The third-order valence-electron chi connectivity index (χ3n) is 0. The zero-order valence-electron chi connectivity index (χ0n) is 6.70. The number of rotatable bonds is 0. The summed E-state index contributed by atoms with van der Waals surface area (Å²) in [5.41, 5.74) is 0. The zero-order chi connectivity index (χ0) is 7.21. The van der Waals surface area contributed by atoms with Crippen LogP contribution in [0.4, 0.5) is 0 Å². The predicted molar refractivity (Wildman–Crippen MR) is 44.9 cm³/mol. The van der Waals surface area contributed by atoms with Crippen molar-refractivity contribution < 1.29 is 24.2 Å². The molecule has 0 unspecified atom stereocenters. The molecule has 0 saturated carbocycles. The van der Waals surface area contributed by atoms with E-state index in [0.717, 1.165) is 0 Å². The number of halogens is 2. The summed E-state index contributed by atoms with van der Waals surface area (Å²) in [6, 6.07) is 0. The summed E-state index contributed by atoms with van der Waals surface area (Å²) in [6.45, 7) is 0. The average molecular weight is 536 g/mol. The second kappa shape index (κ2) is 14.4. The van der Waals surface area contributed by atoms with E-state index in [0.29, 0.717) is 0 Å². The average Bonchev–Trinajstić information content (AvgIpc) is 1.27. The Bertz CT molecular complexity index is 121. The largest absolute Gasteiger partial charge is 1.00 e. The minimum atomic E-state index is -4.67. The molecule has 0 aliphatic heterocycles. The maximum absolute atomic E-state index is 8.74. The van der Waals surface area contributed by atoms with Gasteiger partial charge in [-0.2, -0.15) is 12.3 Å². The van der Waals surface area contributed by atoms with Crippen molar-refractivity contribution in [2.75, 3.05) is 0 Å². The molecular formula is H7BaBiCl2O5S. The Morgan fingerprint density at radius 1 is 1.30 bits per heavy atom. The van der Waals surface area contributed by atoms with Gasteiger partial charge in [0.05, 0.1) is 23.7 Å². The topological polar surface area (TPSA) is 83.8 Å². The summed E-state index contributed by atoms with van der Waals surface area (Å²) >= 11 is 8.53. The van der Waals surface area contributed by atoms with Crippen LogP contribution in [0, 0.1) is 0 Å². The van der Waals surface area contributed by atoms with Gasteiger partial charge in [0.2, 0.25) is 0 Å². The first kappa shape index (κ1) is 23.0. The molecule has 0 saturated heterocycles. The molecule has 5 nitrogen and oxygen atoms in total. The van der Waals surface area contributed by atoms with E-state index in [-0.39, 0.29) is 77.9 Å². The molecule has 0 aliphatic carbocycles.